The van der Waals surface area contributed by atoms with Gasteiger partial charge in [-0.2, -0.15) is 0 Å². The topological polar surface area (TPSA) is 75.2 Å². The largest absolute Gasteiger partial charge is 0.507 e. The van der Waals surface area contributed by atoms with Gasteiger partial charge in [0.05, 0.1) is 38.6 Å². The number of fused-ring (bicyclic) bond motifs is 1. The number of hydrogen-bond acceptors (Lipinski definition) is 6. The number of anilines is 1. The summed E-state index contributed by atoms with van der Waals surface area (Å²) in [7, 11) is 4.77. The molecule has 1 aliphatic rings. The van der Waals surface area contributed by atoms with Gasteiger partial charge in [0.2, 0.25) is 0 Å². The van der Waals surface area contributed by atoms with Crippen molar-refractivity contribution in [2.45, 2.75) is 6.04 Å². The highest BCUT2D eigenvalue weighted by atomic mass is 32.1. The van der Waals surface area contributed by atoms with Crippen LogP contribution in [0.4, 0.5) is 5.69 Å². The van der Waals surface area contributed by atoms with Crippen LogP contribution in [0.1, 0.15) is 17.2 Å². The molecule has 1 aliphatic heterocycles. The summed E-state index contributed by atoms with van der Waals surface area (Å²) in [5.74, 6) is 1.78. The van der Waals surface area contributed by atoms with Crippen LogP contribution in [0.2, 0.25) is 0 Å². The maximum absolute atomic E-state index is 10.9. The van der Waals surface area contributed by atoms with Gasteiger partial charge in [0.25, 0.3) is 0 Å². The Hall–Kier alpha value is -4.43. The quantitative estimate of drug-likeness (QED) is 0.277. The number of rotatable bonds is 6. The summed E-state index contributed by atoms with van der Waals surface area (Å²) < 4.78 is 16.5. The number of phenolic OH excluding ortho intramolecular Hbond substituents is 1. The van der Waals surface area contributed by atoms with Crippen LogP contribution < -0.4 is 25.0 Å². The Morgan fingerprint density at radius 2 is 1.57 bits per heavy atom. The fourth-order valence-electron chi connectivity index (χ4n) is 4.58. The fraction of sp³-hybridized carbons (Fsp3) is 0.138. The van der Waals surface area contributed by atoms with Crippen LogP contribution in [0.5, 0.6) is 23.0 Å². The molecule has 0 saturated heterocycles. The van der Waals surface area contributed by atoms with Gasteiger partial charge in [0.15, 0.2) is 5.11 Å². The van der Waals surface area contributed by atoms with Crippen molar-refractivity contribution in [1.82, 2.24) is 10.4 Å². The third-order valence-electron chi connectivity index (χ3n) is 6.32. The molecule has 1 atom stereocenters. The van der Waals surface area contributed by atoms with Gasteiger partial charge in [-0.1, -0.05) is 48.5 Å². The number of aromatic hydroxyl groups is 1. The summed E-state index contributed by atoms with van der Waals surface area (Å²) in [5.41, 5.74) is 6.45. The first kappa shape index (κ1) is 24.3. The minimum Gasteiger partial charge on any atom is -0.507 e. The van der Waals surface area contributed by atoms with Crippen LogP contribution in [0, 0.1) is 0 Å². The lowest BCUT2D eigenvalue weighted by Gasteiger charge is -2.29. The predicted molar refractivity (Wildman–Crippen MR) is 150 cm³/mol. The number of hydrazine groups is 1. The minimum atomic E-state index is -0.305. The third kappa shape index (κ3) is 4.59. The third-order valence-corrected chi connectivity index (χ3v) is 6.62. The molecule has 4 aromatic carbocycles. The zero-order valence-electron chi connectivity index (χ0n) is 20.7. The van der Waals surface area contributed by atoms with Gasteiger partial charge in [0.1, 0.15) is 23.0 Å². The van der Waals surface area contributed by atoms with Crippen molar-refractivity contribution >= 4 is 39.5 Å². The summed E-state index contributed by atoms with van der Waals surface area (Å²) in [6, 6.07) is 24.8. The molecule has 3 N–H and O–H groups in total. The van der Waals surface area contributed by atoms with E-state index in [-0.39, 0.29) is 11.8 Å². The van der Waals surface area contributed by atoms with E-state index >= 15 is 0 Å². The summed E-state index contributed by atoms with van der Waals surface area (Å²) >= 11 is 5.86. The van der Waals surface area contributed by atoms with Crippen LogP contribution in [0.25, 0.3) is 16.5 Å². The van der Waals surface area contributed by atoms with E-state index in [4.69, 9.17) is 26.4 Å². The molecule has 0 aromatic heterocycles. The minimum absolute atomic E-state index is 0.0251. The van der Waals surface area contributed by atoms with Crippen LogP contribution >= 0.6 is 12.2 Å². The number of ether oxygens (including phenoxy) is 3. The molecule has 1 heterocycles. The Balaban J connectivity index is 1.63. The number of hydrogen-bond donors (Lipinski definition) is 3. The number of phenols is 1. The van der Waals surface area contributed by atoms with E-state index in [1.165, 1.54) is 0 Å². The highest BCUT2D eigenvalue weighted by Crippen LogP contribution is 2.43. The number of para-hydroxylation sites is 1. The van der Waals surface area contributed by atoms with Gasteiger partial charge >= 0.3 is 0 Å². The normalized spacial score (nSPS) is 14.6. The molecular weight excluding hydrogens is 486 g/mol. The molecule has 0 bridgehead atoms. The number of thiocarbonyl (C=S) groups is 1. The number of methoxy groups -OCH3 is 3. The summed E-state index contributed by atoms with van der Waals surface area (Å²) in [5, 5.41) is 18.6. The monoisotopic (exact) mass is 513 g/mol. The molecule has 5 rings (SSSR count). The van der Waals surface area contributed by atoms with Gasteiger partial charge in [-0.3, -0.25) is 10.4 Å². The van der Waals surface area contributed by atoms with Crippen LogP contribution in [-0.4, -0.2) is 36.6 Å². The smallest absolute Gasteiger partial charge is 0.193 e. The summed E-state index contributed by atoms with van der Waals surface area (Å²) in [4.78, 5) is 0. The zero-order chi connectivity index (χ0) is 25.9. The summed E-state index contributed by atoms with van der Waals surface area (Å²) in [6.45, 7) is 0. The number of nitrogens with zero attached hydrogens (tertiary/aromatic N) is 1. The van der Waals surface area contributed by atoms with Crippen molar-refractivity contribution in [1.29, 1.82) is 0 Å². The predicted octanol–water partition coefficient (Wildman–Crippen LogP) is 5.87. The average Bonchev–Trinajstić information content (AvgIpc) is 3.37. The van der Waals surface area contributed by atoms with Crippen molar-refractivity contribution in [3.63, 3.8) is 0 Å². The maximum Gasteiger partial charge on any atom is 0.193 e. The van der Waals surface area contributed by atoms with Gasteiger partial charge in [-0.25, -0.2) is 0 Å². The molecule has 0 amide bonds. The van der Waals surface area contributed by atoms with Gasteiger partial charge in [0, 0.05) is 23.2 Å². The molecule has 8 heteroatoms. The Bertz CT molecular complexity index is 1490. The summed E-state index contributed by atoms with van der Waals surface area (Å²) in [6.07, 6.45) is 2.03. The van der Waals surface area contributed by atoms with E-state index in [2.05, 4.69) is 16.8 Å². The lowest BCUT2D eigenvalue weighted by Crippen LogP contribution is -2.42. The second-order valence-corrected chi connectivity index (χ2v) is 8.82. The van der Waals surface area contributed by atoms with E-state index in [0.29, 0.717) is 27.9 Å². The van der Waals surface area contributed by atoms with Crippen molar-refractivity contribution < 1.29 is 19.3 Å². The number of nitrogens with one attached hydrogen (secondary N) is 2. The average molecular weight is 514 g/mol. The molecule has 0 spiro atoms. The first-order valence-electron chi connectivity index (χ1n) is 11.7. The van der Waals surface area contributed by atoms with Gasteiger partial charge in [-0.15, -0.1) is 0 Å². The van der Waals surface area contributed by atoms with Crippen molar-refractivity contribution in [2.24, 2.45) is 0 Å². The second kappa shape index (κ2) is 10.3. The highest BCUT2D eigenvalue weighted by molar-refractivity contribution is 7.80. The second-order valence-electron chi connectivity index (χ2n) is 8.43. The Morgan fingerprint density at radius 3 is 2.27 bits per heavy atom. The molecule has 0 saturated carbocycles. The molecule has 7 nitrogen and oxygen atoms in total. The van der Waals surface area contributed by atoms with Gasteiger partial charge in [-0.05, 0) is 47.4 Å². The van der Waals surface area contributed by atoms with Crippen LogP contribution in [0.15, 0.2) is 84.9 Å². The zero-order valence-corrected chi connectivity index (χ0v) is 21.5. The molecule has 1 unspecified atom stereocenters. The van der Waals surface area contributed by atoms with E-state index in [1.807, 2.05) is 71.7 Å². The van der Waals surface area contributed by atoms with E-state index in [0.717, 1.165) is 27.8 Å². The van der Waals surface area contributed by atoms with Crippen LogP contribution in [-0.2, 0) is 0 Å². The van der Waals surface area contributed by atoms with Crippen LogP contribution in [0.3, 0.4) is 0 Å². The Morgan fingerprint density at radius 1 is 0.865 bits per heavy atom. The van der Waals surface area contributed by atoms with E-state index in [9.17, 15) is 5.11 Å². The molecule has 0 aliphatic carbocycles. The molecule has 188 valence electrons. The highest BCUT2D eigenvalue weighted by Gasteiger charge is 2.33. The molecule has 0 fully saturated rings. The van der Waals surface area contributed by atoms with Gasteiger partial charge < -0.3 is 24.6 Å². The standard InChI is InChI=1S/C29H27N3O4S/c1-34-19-15-25(33)28(27(16-19)36-3)23-17-24(32(31-23)29(37)30-18-9-5-4-6-10-18)21-13-14-26(35-2)22-12-8-7-11-20(21)22/h4-17,24,31,33H,1-3H3,(H,30,37). The first-order chi connectivity index (χ1) is 18.0. The SMILES string of the molecule is COc1cc(O)c(C2=CC(c3ccc(OC)c4ccccc34)N(C(=S)Nc3ccccc3)N2)c(OC)c1. The van der Waals surface area contributed by atoms with Crippen molar-refractivity contribution in [3.05, 3.63) is 96.1 Å². The fourth-order valence-corrected chi connectivity index (χ4v) is 4.85. The molecule has 37 heavy (non-hydrogen) atoms. The maximum atomic E-state index is 10.9. The van der Waals surface area contributed by atoms with E-state index < -0.39 is 0 Å². The number of benzene rings is 4. The Kier molecular flexibility index (Phi) is 6.74. The van der Waals surface area contributed by atoms with Crippen molar-refractivity contribution in [3.8, 4) is 23.0 Å². The molecule has 4 aromatic rings. The molecular formula is C29H27N3O4S. The van der Waals surface area contributed by atoms with Crippen molar-refractivity contribution in [2.75, 3.05) is 26.6 Å². The molecule has 0 radical (unpaired) electrons. The van der Waals surface area contributed by atoms with E-state index in [1.54, 1.807) is 33.5 Å². The lowest BCUT2D eigenvalue weighted by atomic mass is 9.97. The lowest BCUT2D eigenvalue weighted by molar-refractivity contribution is 0.347. The first-order valence-corrected chi connectivity index (χ1v) is 12.1. The Labute approximate surface area is 220 Å².